The smallest absolute Gasteiger partial charge is 0.232 e. The van der Waals surface area contributed by atoms with Crippen molar-refractivity contribution in [1.29, 1.82) is 0 Å². The summed E-state index contributed by atoms with van der Waals surface area (Å²) >= 11 is 0. The Labute approximate surface area is 172 Å². The second-order valence-corrected chi connectivity index (χ2v) is 9.09. The highest BCUT2D eigenvalue weighted by atomic mass is 32.2. The summed E-state index contributed by atoms with van der Waals surface area (Å²) in [5.74, 6) is -1.56. The number of pyridine rings is 1. The Balaban J connectivity index is 1.81. The highest BCUT2D eigenvalue weighted by Gasteiger charge is 2.31. The number of halogens is 2. The average Bonchev–Trinajstić information content (AvgIpc) is 3.40. The van der Waals surface area contributed by atoms with E-state index in [0.29, 0.717) is 35.2 Å². The molecule has 1 aliphatic rings. The van der Waals surface area contributed by atoms with Crippen molar-refractivity contribution >= 4 is 39.0 Å². The van der Waals surface area contributed by atoms with Gasteiger partial charge in [-0.2, -0.15) is 0 Å². The number of rotatable bonds is 8. The lowest BCUT2D eigenvalue weighted by molar-refractivity contribution is -0.107. The van der Waals surface area contributed by atoms with Crippen LogP contribution in [0, 0.1) is 11.6 Å². The fourth-order valence-electron chi connectivity index (χ4n) is 3.38. The molecule has 0 radical (unpaired) electrons. The molecule has 30 heavy (non-hydrogen) atoms. The molecule has 0 unspecified atom stereocenters. The molecule has 3 aromatic rings. The molecule has 0 aliphatic heterocycles. The predicted molar refractivity (Wildman–Crippen MR) is 111 cm³/mol. The molecule has 158 valence electrons. The molecule has 1 amide bonds. The van der Waals surface area contributed by atoms with Crippen LogP contribution in [-0.4, -0.2) is 36.6 Å². The number of hydrogen-bond acceptors (Lipinski definition) is 4. The lowest BCUT2D eigenvalue weighted by Gasteiger charge is -2.17. The first-order chi connectivity index (χ1) is 14.3. The van der Waals surface area contributed by atoms with Crippen molar-refractivity contribution in [1.82, 2.24) is 9.97 Å². The van der Waals surface area contributed by atoms with Crippen molar-refractivity contribution in [2.45, 2.75) is 32.2 Å². The lowest BCUT2D eigenvalue weighted by Crippen LogP contribution is -2.24. The summed E-state index contributed by atoms with van der Waals surface area (Å²) in [7, 11) is -3.77. The maximum absolute atomic E-state index is 15.0. The van der Waals surface area contributed by atoms with Crippen LogP contribution in [0.5, 0.6) is 0 Å². The molecule has 0 atom stereocenters. The van der Waals surface area contributed by atoms with Crippen LogP contribution in [0.3, 0.4) is 0 Å². The summed E-state index contributed by atoms with van der Waals surface area (Å²) in [5, 5.41) is 0.554. The number of aromatic amines is 1. The standard InChI is InChI=1S/C20H20F2N4O3S/c1-2-7-30(28,29)25-18-10-16(21)15(8-17(18)22)14-9-19(26(11-27)12-3-4-12)24-20-13(14)5-6-23-20/h5-6,8-12,25H,2-4,7H2,1H3,(H,23,24). The van der Waals surface area contributed by atoms with Gasteiger partial charge in [0.2, 0.25) is 16.4 Å². The Morgan fingerprint density at radius 3 is 2.67 bits per heavy atom. The van der Waals surface area contributed by atoms with Gasteiger partial charge in [-0.05, 0) is 43.0 Å². The summed E-state index contributed by atoms with van der Waals surface area (Å²) in [5.41, 5.74) is 0.281. The van der Waals surface area contributed by atoms with Crippen LogP contribution >= 0.6 is 0 Å². The second kappa shape index (κ2) is 7.67. The van der Waals surface area contributed by atoms with E-state index in [4.69, 9.17) is 0 Å². The minimum Gasteiger partial charge on any atom is -0.346 e. The molecule has 2 heterocycles. The monoisotopic (exact) mass is 434 g/mol. The maximum atomic E-state index is 15.0. The van der Waals surface area contributed by atoms with Crippen LogP contribution in [0.1, 0.15) is 26.2 Å². The number of hydrogen-bond donors (Lipinski definition) is 2. The number of anilines is 2. The Bertz CT molecular complexity index is 1220. The van der Waals surface area contributed by atoms with Gasteiger partial charge in [-0.1, -0.05) is 6.92 Å². The van der Waals surface area contributed by atoms with Gasteiger partial charge in [0, 0.05) is 29.3 Å². The zero-order valence-corrected chi connectivity index (χ0v) is 17.0. The number of carbonyl (C=O) groups is 1. The first kappa shape index (κ1) is 20.3. The minimum atomic E-state index is -3.77. The highest BCUT2D eigenvalue weighted by Crippen LogP contribution is 2.37. The molecule has 1 saturated carbocycles. The molecule has 0 bridgehead atoms. The number of sulfonamides is 1. The summed E-state index contributed by atoms with van der Waals surface area (Å²) in [4.78, 5) is 20.4. The van der Waals surface area contributed by atoms with Gasteiger partial charge in [0.1, 0.15) is 23.1 Å². The number of amides is 1. The number of nitrogens with one attached hydrogen (secondary N) is 2. The predicted octanol–water partition coefficient (Wildman–Crippen LogP) is 3.79. The topological polar surface area (TPSA) is 95.2 Å². The summed E-state index contributed by atoms with van der Waals surface area (Å²) in [6.07, 6.45) is 4.36. The first-order valence-electron chi connectivity index (χ1n) is 9.54. The van der Waals surface area contributed by atoms with Gasteiger partial charge < -0.3 is 4.98 Å². The second-order valence-electron chi connectivity index (χ2n) is 7.24. The summed E-state index contributed by atoms with van der Waals surface area (Å²) < 4.78 is 55.6. The molecule has 1 aliphatic carbocycles. The molecular weight excluding hydrogens is 414 g/mol. The molecule has 2 aromatic heterocycles. The van der Waals surface area contributed by atoms with Gasteiger partial charge >= 0.3 is 0 Å². The average molecular weight is 434 g/mol. The zero-order valence-electron chi connectivity index (χ0n) is 16.2. The van der Waals surface area contributed by atoms with Crippen molar-refractivity contribution < 1.29 is 22.0 Å². The number of fused-ring (bicyclic) bond motifs is 1. The van der Waals surface area contributed by atoms with E-state index in [1.807, 2.05) is 0 Å². The van der Waals surface area contributed by atoms with Gasteiger partial charge in [0.15, 0.2) is 0 Å². The third kappa shape index (κ3) is 3.87. The van der Waals surface area contributed by atoms with Crippen molar-refractivity contribution in [3.63, 3.8) is 0 Å². The summed E-state index contributed by atoms with van der Waals surface area (Å²) in [6.45, 7) is 1.67. The van der Waals surface area contributed by atoms with Gasteiger partial charge in [-0.15, -0.1) is 0 Å². The summed E-state index contributed by atoms with van der Waals surface area (Å²) in [6, 6.07) is 5.05. The van der Waals surface area contributed by atoms with Crippen molar-refractivity contribution in [3.05, 3.63) is 42.1 Å². The van der Waals surface area contributed by atoms with E-state index < -0.39 is 27.3 Å². The van der Waals surface area contributed by atoms with Crippen molar-refractivity contribution in [2.24, 2.45) is 0 Å². The number of H-pyrrole nitrogens is 1. The Hall–Kier alpha value is -3.01. The normalized spacial score (nSPS) is 14.1. The SMILES string of the molecule is CCCS(=O)(=O)Nc1cc(F)c(-c2cc(N(C=O)C3CC3)nc3[nH]ccc23)cc1F. The minimum absolute atomic E-state index is 0.0483. The van der Waals surface area contributed by atoms with Crippen LogP contribution < -0.4 is 9.62 Å². The van der Waals surface area contributed by atoms with Gasteiger partial charge in [-0.25, -0.2) is 22.2 Å². The third-order valence-corrected chi connectivity index (χ3v) is 6.40. The van der Waals surface area contributed by atoms with E-state index in [-0.39, 0.29) is 17.4 Å². The third-order valence-electron chi connectivity index (χ3n) is 4.92. The van der Waals surface area contributed by atoms with Crippen LogP contribution in [0.25, 0.3) is 22.2 Å². The number of benzene rings is 1. The number of aromatic nitrogens is 2. The first-order valence-corrected chi connectivity index (χ1v) is 11.2. The molecule has 2 N–H and O–H groups in total. The van der Waals surface area contributed by atoms with E-state index in [2.05, 4.69) is 14.7 Å². The van der Waals surface area contributed by atoms with Gasteiger partial charge in [-0.3, -0.25) is 14.4 Å². The zero-order chi connectivity index (χ0) is 21.5. The van der Waals surface area contributed by atoms with Crippen LogP contribution in [0.2, 0.25) is 0 Å². The van der Waals surface area contributed by atoms with Crippen LogP contribution in [0.4, 0.5) is 20.3 Å². The Morgan fingerprint density at radius 1 is 1.23 bits per heavy atom. The highest BCUT2D eigenvalue weighted by molar-refractivity contribution is 7.92. The Morgan fingerprint density at radius 2 is 2.00 bits per heavy atom. The molecular formula is C20H20F2N4O3S. The molecule has 1 aromatic carbocycles. The molecule has 7 nitrogen and oxygen atoms in total. The lowest BCUT2D eigenvalue weighted by atomic mass is 10.0. The molecule has 1 fully saturated rings. The van der Waals surface area contributed by atoms with E-state index in [1.54, 1.807) is 25.3 Å². The largest absolute Gasteiger partial charge is 0.346 e. The number of nitrogens with zero attached hydrogens (tertiary/aromatic N) is 2. The maximum Gasteiger partial charge on any atom is 0.232 e. The molecule has 0 spiro atoms. The van der Waals surface area contributed by atoms with E-state index in [0.717, 1.165) is 25.0 Å². The van der Waals surface area contributed by atoms with Gasteiger partial charge in [0.05, 0.1) is 11.4 Å². The fraction of sp³-hybridized carbons (Fsp3) is 0.300. The van der Waals surface area contributed by atoms with Crippen molar-refractivity contribution in [3.8, 4) is 11.1 Å². The molecule has 10 heteroatoms. The quantitative estimate of drug-likeness (QED) is 0.528. The van der Waals surface area contributed by atoms with Crippen molar-refractivity contribution in [2.75, 3.05) is 15.4 Å². The van der Waals surface area contributed by atoms with E-state index in [1.165, 1.54) is 4.90 Å². The van der Waals surface area contributed by atoms with Crippen LogP contribution in [-0.2, 0) is 14.8 Å². The van der Waals surface area contributed by atoms with Crippen LogP contribution in [0.15, 0.2) is 30.5 Å². The fourth-order valence-corrected chi connectivity index (χ4v) is 4.51. The van der Waals surface area contributed by atoms with E-state index >= 15 is 0 Å². The Kier molecular flexibility index (Phi) is 5.19. The van der Waals surface area contributed by atoms with Gasteiger partial charge in [0.25, 0.3) is 0 Å². The molecule has 0 saturated heterocycles. The number of carbonyl (C=O) groups excluding carboxylic acids is 1. The molecule has 4 rings (SSSR count). The van der Waals surface area contributed by atoms with E-state index in [9.17, 15) is 22.0 Å².